The molecule has 106 valence electrons. The number of carbonyl (C=O) groups excluding carboxylic acids is 1. The molecule has 0 fully saturated rings. The van der Waals surface area contributed by atoms with Gasteiger partial charge in [-0.15, -0.1) is 0 Å². The first-order valence-electron chi connectivity index (χ1n) is 6.21. The first kappa shape index (κ1) is 14.0. The third-order valence-corrected chi connectivity index (χ3v) is 2.97. The molecular weight excluding hydrogens is 259 g/mol. The van der Waals surface area contributed by atoms with Gasteiger partial charge in [0.1, 0.15) is 5.82 Å². The summed E-state index contributed by atoms with van der Waals surface area (Å²) in [6.07, 6.45) is 3.55. The lowest BCUT2D eigenvalue weighted by Gasteiger charge is -2.18. The second-order valence-corrected chi connectivity index (χ2v) is 4.77. The minimum Gasteiger partial charge on any atom is -0.323 e. The highest BCUT2D eigenvalue weighted by molar-refractivity contribution is 5.89. The van der Waals surface area contributed by atoms with Gasteiger partial charge in [-0.05, 0) is 24.6 Å². The van der Waals surface area contributed by atoms with E-state index >= 15 is 0 Å². The number of hydrogen-bond donors (Lipinski definition) is 1. The van der Waals surface area contributed by atoms with Crippen LogP contribution in [0.3, 0.4) is 0 Å². The van der Waals surface area contributed by atoms with Gasteiger partial charge in [-0.1, -0.05) is 6.07 Å². The maximum atomic E-state index is 13.2. The molecule has 0 radical (unpaired) electrons. The van der Waals surface area contributed by atoms with Gasteiger partial charge in [-0.25, -0.2) is 9.18 Å². The summed E-state index contributed by atoms with van der Waals surface area (Å²) in [7, 11) is 3.50. The summed E-state index contributed by atoms with van der Waals surface area (Å²) >= 11 is 0. The molecule has 2 amide bonds. The molecule has 1 aromatic carbocycles. The number of aromatic nitrogens is 2. The molecule has 20 heavy (non-hydrogen) atoms. The second kappa shape index (κ2) is 5.73. The minimum absolute atomic E-state index is 0.289. The zero-order chi connectivity index (χ0) is 14.7. The van der Waals surface area contributed by atoms with Crippen molar-refractivity contribution in [3.8, 4) is 0 Å². The van der Waals surface area contributed by atoms with Crippen molar-refractivity contribution in [3.05, 3.63) is 47.5 Å². The number of amides is 2. The van der Waals surface area contributed by atoms with E-state index in [1.54, 1.807) is 24.0 Å². The van der Waals surface area contributed by atoms with Crippen molar-refractivity contribution in [1.29, 1.82) is 0 Å². The van der Waals surface area contributed by atoms with Crippen LogP contribution in [0.25, 0.3) is 0 Å². The highest BCUT2D eigenvalue weighted by Gasteiger charge is 2.12. The molecule has 0 unspecified atom stereocenters. The number of halogens is 1. The summed E-state index contributed by atoms with van der Waals surface area (Å²) in [5.74, 6) is -0.374. The predicted octanol–water partition coefficient (Wildman–Crippen LogP) is 2.53. The summed E-state index contributed by atoms with van der Waals surface area (Å²) in [6.45, 7) is 2.25. The lowest BCUT2D eigenvalue weighted by atomic mass is 10.2. The van der Waals surface area contributed by atoms with Gasteiger partial charge in [0.25, 0.3) is 0 Å². The molecule has 0 saturated heterocycles. The Bertz CT molecular complexity index is 623. The van der Waals surface area contributed by atoms with E-state index in [4.69, 9.17) is 0 Å². The van der Waals surface area contributed by atoms with Gasteiger partial charge < -0.3 is 10.2 Å². The van der Waals surface area contributed by atoms with E-state index in [1.165, 1.54) is 17.0 Å². The van der Waals surface area contributed by atoms with Crippen molar-refractivity contribution in [1.82, 2.24) is 14.7 Å². The molecule has 1 aromatic heterocycles. The number of hydrogen-bond acceptors (Lipinski definition) is 2. The molecule has 0 aliphatic rings. The van der Waals surface area contributed by atoms with Crippen molar-refractivity contribution >= 4 is 11.7 Å². The average molecular weight is 276 g/mol. The molecule has 0 spiro atoms. The summed E-state index contributed by atoms with van der Waals surface area (Å²) in [5.41, 5.74) is 2.23. The van der Waals surface area contributed by atoms with Crippen molar-refractivity contribution in [2.75, 3.05) is 12.4 Å². The Kier molecular flexibility index (Phi) is 4.02. The monoisotopic (exact) mass is 276 g/mol. The van der Waals surface area contributed by atoms with E-state index in [0.717, 1.165) is 11.1 Å². The van der Waals surface area contributed by atoms with Crippen LogP contribution in [0.2, 0.25) is 0 Å². The summed E-state index contributed by atoms with van der Waals surface area (Å²) < 4.78 is 14.9. The number of carbonyl (C=O) groups is 1. The fourth-order valence-corrected chi connectivity index (χ4v) is 1.84. The van der Waals surface area contributed by atoms with Gasteiger partial charge in [0.05, 0.1) is 12.7 Å². The Morgan fingerprint density at radius 1 is 1.50 bits per heavy atom. The normalized spacial score (nSPS) is 10.4. The molecule has 0 aliphatic heterocycles. The smallest absolute Gasteiger partial charge is 0.321 e. The highest BCUT2D eigenvalue weighted by Crippen LogP contribution is 2.16. The van der Waals surface area contributed by atoms with Gasteiger partial charge in [0, 0.05) is 31.5 Å². The summed E-state index contributed by atoms with van der Waals surface area (Å²) in [4.78, 5) is 13.6. The number of nitrogens with zero attached hydrogens (tertiary/aromatic N) is 3. The Hall–Kier alpha value is -2.37. The number of rotatable bonds is 3. The zero-order valence-corrected chi connectivity index (χ0v) is 11.7. The molecule has 5 nitrogen and oxygen atoms in total. The molecule has 1 N–H and O–H groups in total. The predicted molar refractivity (Wildman–Crippen MR) is 74.8 cm³/mol. The summed E-state index contributed by atoms with van der Waals surface area (Å²) in [6, 6.07) is 4.02. The SMILES string of the molecule is Cc1ccc(F)cc1NC(=O)N(C)Cc1cnn(C)c1. The first-order valence-corrected chi connectivity index (χ1v) is 6.21. The van der Waals surface area contributed by atoms with E-state index in [0.29, 0.717) is 12.2 Å². The second-order valence-electron chi connectivity index (χ2n) is 4.77. The number of benzene rings is 1. The van der Waals surface area contributed by atoms with Crippen molar-refractivity contribution in [2.24, 2.45) is 7.05 Å². The van der Waals surface area contributed by atoms with Gasteiger partial charge in [0.15, 0.2) is 0 Å². The third kappa shape index (κ3) is 3.34. The number of aryl methyl sites for hydroxylation is 2. The molecule has 0 aliphatic carbocycles. The molecule has 0 atom stereocenters. The van der Waals surface area contributed by atoms with E-state index in [1.807, 2.05) is 20.2 Å². The maximum Gasteiger partial charge on any atom is 0.321 e. The van der Waals surface area contributed by atoms with E-state index in [-0.39, 0.29) is 11.8 Å². The van der Waals surface area contributed by atoms with Crippen LogP contribution in [-0.2, 0) is 13.6 Å². The standard InChI is InChI=1S/C14H17FN4O/c1-10-4-5-12(15)6-13(10)17-14(20)18(2)8-11-7-16-19(3)9-11/h4-7,9H,8H2,1-3H3,(H,17,20). The van der Waals surface area contributed by atoms with Crippen LogP contribution < -0.4 is 5.32 Å². The maximum absolute atomic E-state index is 13.2. The number of urea groups is 1. The molecule has 1 heterocycles. The summed E-state index contributed by atoms with van der Waals surface area (Å²) in [5, 5.41) is 6.75. The van der Waals surface area contributed by atoms with E-state index in [2.05, 4.69) is 10.4 Å². The molecule has 2 rings (SSSR count). The van der Waals surface area contributed by atoms with Crippen LogP contribution in [0.15, 0.2) is 30.6 Å². The zero-order valence-electron chi connectivity index (χ0n) is 11.7. The first-order chi connectivity index (χ1) is 9.45. The molecule has 6 heteroatoms. The van der Waals surface area contributed by atoms with Crippen LogP contribution in [0, 0.1) is 12.7 Å². The fraction of sp³-hybridized carbons (Fsp3) is 0.286. The molecule has 0 bridgehead atoms. The minimum atomic E-state index is -0.374. The Labute approximate surface area is 117 Å². The molecular formula is C14H17FN4O. The Morgan fingerprint density at radius 2 is 2.25 bits per heavy atom. The average Bonchev–Trinajstić information content (AvgIpc) is 2.79. The van der Waals surface area contributed by atoms with Crippen molar-refractivity contribution in [3.63, 3.8) is 0 Å². The van der Waals surface area contributed by atoms with Crippen molar-refractivity contribution < 1.29 is 9.18 Å². The lowest BCUT2D eigenvalue weighted by Crippen LogP contribution is -2.31. The quantitative estimate of drug-likeness (QED) is 0.936. The molecule has 2 aromatic rings. The third-order valence-electron chi connectivity index (χ3n) is 2.97. The number of nitrogens with one attached hydrogen (secondary N) is 1. The number of anilines is 1. The van der Waals surface area contributed by atoms with E-state index in [9.17, 15) is 9.18 Å². The largest absolute Gasteiger partial charge is 0.323 e. The van der Waals surface area contributed by atoms with E-state index < -0.39 is 0 Å². The van der Waals surface area contributed by atoms with Gasteiger partial charge in [0.2, 0.25) is 0 Å². The topological polar surface area (TPSA) is 50.2 Å². The van der Waals surface area contributed by atoms with Gasteiger partial charge in [-0.3, -0.25) is 4.68 Å². The van der Waals surface area contributed by atoms with Gasteiger partial charge in [-0.2, -0.15) is 5.10 Å². The lowest BCUT2D eigenvalue weighted by molar-refractivity contribution is 0.220. The fourth-order valence-electron chi connectivity index (χ4n) is 1.84. The molecule has 0 saturated carbocycles. The van der Waals surface area contributed by atoms with Crippen LogP contribution in [0.5, 0.6) is 0 Å². The Balaban J connectivity index is 2.02. The van der Waals surface area contributed by atoms with Crippen LogP contribution in [-0.4, -0.2) is 27.8 Å². The van der Waals surface area contributed by atoms with Crippen molar-refractivity contribution in [2.45, 2.75) is 13.5 Å². The van der Waals surface area contributed by atoms with Gasteiger partial charge >= 0.3 is 6.03 Å². The van der Waals surface area contributed by atoms with Crippen LogP contribution in [0.1, 0.15) is 11.1 Å². The highest BCUT2D eigenvalue weighted by atomic mass is 19.1. The van der Waals surface area contributed by atoms with Crippen LogP contribution in [0.4, 0.5) is 14.9 Å². The Morgan fingerprint density at radius 3 is 2.90 bits per heavy atom. The van der Waals surface area contributed by atoms with Crippen LogP contribution >= 0.6 is 0 Å².